The third kappa shape index (κ3) is 9.25. The highest BCUT2D eigenvalue weighted by Gasteiger charge is 2.00. The van der Waals surface area contributed by atoms with E-state index in [0.717, 1.165) is 14.7 Å². The molecule has 2 aromatic carbocycles. The lowest BCUT2D eigenvalue weighted by molar-refractivity contribution is -0.140. The molecule has 0 aromatic heterocycles. The molecule has 0 atom stereocenters. The van der Waals surface area contributed by atoms with Gasteiger partial charge in [0, 0.05) is 15.4 Å². The van der Waals surface area contributed by atoms with Crippen LogP contribution in [0.5, 0.6) is 11.5 Å². The number of halogens is 2. The van der Waals surface area contributed by atoms with Crippen LogP contribution in [0.1, 0.15) is 12.8 Å². The van der Waals surface area contributed by atoms with Crippen LogP contribution in [0.2, 0.25) is 0 Å². The maximum atomic E-state index is 10.8. The van der Waals surface area contributed by atoms with Crippen molar-refractivity contribution in [1.29, 1.82) is 0 Å². The van der Waals surface area contributed by atoms with E-state index >= 15 is 0 Å². The van der Waals surface area contributed by atoms with E-state index in [2.05, 4.69) is 36.6 Å². The van der Waals surface area contributed by atoms with Gasteiger partial charge in [0.25, 0.3) is 0 Å². The molecule has 124 valence electrons. The first-order valence-electron chi connectivity index (χ1n) is 6.91. The highest BCUT2D eigenvalue weighted by molar-refractivity contribution is 9.10. The normalized spacial score (nSPS) is 9.52. The van der Waals surface area contributed by atoms with Crippen molar-refractivity contribution in [3.05, 3.63) is 57.5 Å². The molecule has 0 saturated heterocycles. The number of phenols is 1. The molecule has 0 heterocycles. The molecule has 0 unspecified atom stereocenters. The zero-order valence-corrected chi connectivity index (χ0v) is 15.8. The van der Waals surface area contributed by atoms with Crippen LogP contribution in [0.15, 0.2) is 57.5 Å². The standard InChI is InChI=1S/C11H13BrO3.C6H5BrO/c1-14-11(13)6-3-7-15-10-5-2-4-9(12)8-10;7-5-2-1-3-6(8)4-5/h2,4-5,8H,3,6-7H2,1H3;1-4,8H. The van der Waals surface area contributed by atoms with Crippen LogP contribution in [-0.2, 0) is 9.53 Å². The van der Waals surface area contributed by atoms with Crippen molar-refractivity contribution in [2.24, 2.45) is 0 Å². The first kappa shape index (κ1) is 19.5. The van der Waals surface area contributed by atoms with Crippen LogP contribution in [-0.4, -0.2) is 24.8 Å². The fourth-order valence-electron chi connectivity index (χ4n) is 1.54. The summed E-state index contributed by atoms with van der Waals surface area (Å²) in [6.07, 6.45) is 1.06. The number of carbonyl (C=O) groups is 1. The molecule has 23 heavy (non-hydrogen) atoms. The Labute approximate surface area is 152 Å². The average Bonchev–Trinajstić information content (AvgIpc) is 2.52. The van der Waals surface area contributed by atoms with Gasteiger partial charge in [0.1, 0.15) is 11.5 Å². The molecule has 0 fully saturated rings. The summed E-state index contributed by atoms with van der Waals surface area (Å²) in [5.41, 5.74) is 0. The number of aromatic hydroxyl groups is 1. The van der Waals surface area contributed by atoms with E-state index in [0.29, 0.717) is 25.2 Å². The maximum Gasteiger partial charge on any atom is 0.305 e. The van der Waals surface area contributed by atoms with Crippen LogP contribution >= 0.6 is 31.9 Å². The van der Waals surface area contributed by atoms with Crippen LogP contribution in [0, 0.1) is 0 Å². The van der Waals surface area contributed by atoms with Gasteiger partial charge in [-0.2, -0.15) is 0 Å². The van der Waals surface area contributed by atoms with E-state index in [-0.39, 0.29) is 5.97 Å². The summed E-state index contributed by atoms with van der Waals surface area (Å²) in [6.45, 7) is 0.519. The summed E-state index contributed by atoms with van der Waals surface area (Å²) in [7, 11) is 1.39. The molecule has 0 bridgehead atoms. The van der Waals surface area contributed by atoms with E-state index in [9.17, 15) is 4.79 Å². The van der Waals surface area contributed by atoms with Crippen molar-refractivity contribution in [1.82, 2.24) is 0 Å². The molecular weight excluding hydrogens is 428 g/mol. The van der Waals surface area contributed by atoms with Gasteiger partial charge in [-0.1, -0.05) is 44.0 Å². The van der Waals surface area contributed by atoms with Crippen LogP contribution in [0.4, 0.5) is 0 Å². The summed E-state index contributed by atoms with van der Waals surface area (Å²) in [4.78, 5) is 10.8. The molecule has 0 aliphatic carbocycles. The minimum atomic E-state index is -0.201. The summed E-state index contributed by atoms with van der Waals surface area (Å²) >= 11 is 6.55. The van der Waals surface area contributed by atoms with Crippen molar-refractivity contribution in [3.8, 4) is 11.5 Å². The van der Waals surface area contributed by atoms with Gasteiger partial charge in [-0.15, -0.1) is 0 Å². The Kier molecular flexibility index (Phi) is 9.40. The number of esters is 1. The Bertz CT molecular complexity index is 600. The zero-order chi connectivity index (χ0) is 17.1. The van der Waals surface area contributed by atoms with E-state index in [1.807, 2.05) is 30.3 Å². The molecule has 0 aliphatic heterocycles. The Morgan fingerprint density at radius 3 is 2.26 bits per heavy atom. The molecular formula is C17H18Br2O4. The molecule has 2 aromatic rings. The second kappa shape index (κ2) is 11.1. The average molecular weight is 446 g/mol. The molecule has 0 aliphatic rings. The predicted octanol–water partition coefficient (Wildman–Crippen LogP) is 4.94. The minimum absolute atomic E-state index is 0.201. The lowest BCUT2D eigenvalue weighted by Gasteiger charge is -2.05. The van der Waals surface area contributed by atoms with Gasteiger partial charge in [-0.05, 0) is 42.8 Å². The molecule has 0 spiro atoms. The summed E-state index contributed by atoms with van der Waals surface area (Å²) in [5.74, 6) is 0.890. The van der Waals surface area contributed by atoms with Crippen LogP contribution in [0.25, 0.3) is 0 Å². The number of ether oxygens (including phenoxy) is 2. The van der Waals surface area contributed by atoms with Crippen molar-refractivity contribution in [2.45, 2.75) is 12.8 Å². The maximum absolute atomic E-state index is 10.8. The number of phenolic OH excluding ortho intramolecular Hbond substituents is 1. The molecule has 1 N–H and O–H groups in total. The van der Waals surface area contributed by atoms with Crippen LogP contribution in [0.3, 0.4) is 0 Å². The Morgan fingerprint density at radius 2 is 1.74 bits per heavy atom. The second-order valence-corrected chi connectivity index (χ2v) is 6.30. The lowest BCUT2D eigenvalue weighted by Crippen LogP contribution is -2.04. The smallest absolute Gasteiger partial charge is 0.305 e. The fraction of sp³-hybridized carbons (Fsp3) is 0.235. The van der Waals surface area contributed by atoms with Crippen molar-refractivity contribution in [2.75, 3.05) is 13.7 Å². The number of hydrogen-bond donors (Lipinski definition) is 1. The van der Waals surface area contributed by atoms with Gasteiger partial charge >= 0.3 is 5.97 Å². The van der Waals surface area contributed by atoms with E-state index < -0.39 is 0 Å². The number of methoxy groups -OCH3 is 1. The highest BCUT2D eigenvalue weighted by Crippen LogP contribution is 2.18. The van der Waals surface area contributed by atoms with Crippen LogP contribution < -0.4 is 4.74 Å². The van der Waals surface area contributed by atoms with Crippen molar-refractivity contribution < 1.29 is 19.4 Å². The quantitative estimate of drug-likeness (QED) is 0.523. The topological polar surface area (TPSA) is 55.8 Å². The molecule has 6 heteroatoms. The van der Waals surface area contributed by atoms with Gasteiger partial charge in [0.15, 0.2) is 0 Å². The summed E-state index contributed by atoms with van der Waals surface area (Å²) in [6, 6.07) is 14.5. The molecule has 0 saturated carbocycles. The van der Waals surface area contributed by atoms with Gasteiger partial charge in [-0.3, -0.25) is 4.79 Å². The number of carbonyl (C=O) groups excluding carboxylic acids is 1. The number of rotatable bonds is 5. The summed E-state index contributed by atoms with van der Waals surface area (Å²) < 4.78 is 11.8. The Morgan fingerprint density at radius 1 is 1.09 bits per heavy atom. The van der Waals surface area contributed by atoms with Gasteiger partial charge in [0.2, 0.25) is 0 Å². The van der Waals surface area contributed by atoms with Gasteiger partial charge in [0.05, 0.1) is 13.7 Å². The fourth-order valence-corrected chi connectivity index (χ4v) is 2.31. The van der Waals surface area contributed by atoms with Crippen molar-refractivity contribution in [3.63, 3.8) is 0 Å². The van der Waals surface area contributed by atoms with Gasteiger partial charge < -0.3 is 14.6 Å². The first-order chi connectivity index (χ1) is 11.0. The predicted molar refractivity (Wildman–Crippen MR) is 96.7 cm³/mol. The third-order valence-electron chi connectivity index (χ3n) is 2.63. The highest BCUT2D eigenvalue weighted by atomic mass is 79.9. The summed E-state index contributed by atoms with van der Waals surface area (Å²) in [5, 5.41) is 8.78. The molecule has 0 radical (unpaired) electrons. The Balaban J connectivity index is 0.000000277. The molecule has 0 amide bonds. The third-order valence-corrected chi connectivity index (χ3v) is 3.61. The first-order valence-corrected chi connectivity index (χ1v) is 8.49. The second-order valence-electron chi connectivity index (χ2n) is 4.47. The van der Waals surface area contributed by atoms with Gasteiger partial charge in [-0.25, -0.2) is 0 Å². The Hall–Kier alpha value is -1.53. The molecule has 2 rings (SSSR count). The number of hydrogen-bond acceptors (Lipinski definition) is 4. The largest absolute Gasteiger partial charge is 0.508 e. The lowest BCUT2D eigenvalue weighted by atomic mass is 10.3. The van der Waals surface area contributed by atoms with E-state index in [1.165, 1.54) is 7.11 Å². The zero-order valence-electron chi connectivity index (χ0n) is 12.7. The minimum Gasteiger partial charge on any atom is -0.508 e. The van der Waals surface area contributed by atoms with E-state index in [4.69, 9.17) is 9.84 Å². The van der Waals surface area contributed by atoms with E-state index in [1.54, 1.807) is 18.2 Å². The molecule has 4 nitrogen and oxygen atoms in total. The monoisotopic (exact) mass is 444 g/mol. The SMILES string of the molecule is COC(=O)CCCOc1cccc(Br)c1.Oc1cccc(Br)c1. The number of benzene rings is 2. The van der Waals surface area contributed by atoms with Crippen molar-refractivity contribution >= 4 is 37.8 Å².